The summed E-state index contributed by atoms with van der Waals surface area (Å²) in [6.45, 7) is 0. The minimum Gasteiger partial charge on any atom is -0.268 e. The maximum absolute atomic E-state index is 13.7. The number of rotatable bonds is 1. The van der Waals surface area contributed by atoms with Crippen LogP contribution in [0.15, 0.2) is 53.1 Å². The summed E-state index contributed by atoms with van der Waals surface area (Å²) in [5.41, 5.74) is 1.61. The molecule has 3 aromatic rings. The first-order chi connectivity index (χ1) is 11.1. The standard InChI is InChI=1S/C17H8BrFN2O2/c18-13-7-15-9(6-14(13)19)5-10(8-20-15)21-16(22)11-3-1-2-4-12(11)17(21)23/h1-8H. The van der Waals surface area contributed by atoms with Crippen LogP contribution in [0.5, 0.6) is 0 Å². The van der Waals surface area contributed by atoms with E-state index in [2.05, 4.69) is 20.9 Å². The fourth-order valence-corrected chi connectivity index (χ4v) is 2.99. The first-order valence-corrected chi connectivity index (χ1v) is 7.58. The lowest BCUT2D eigenvalue weighted by Gasteiger charge is -2.14. The number of hydrogen-bond donors (Lipinski definition) is 0. The van der Waals surface area contributed by atoms with Crippen LogP contribution in [0.3, 0.4) is 0 Å². The SMILES string of the molecule is O=C1c2ccccc2C(=O)N1c1cnc2cc(Br)c(F)cc2c1. The molecule has 0 radical (unpaired) electrons. The minimum atomic E-state index is -0.432. The Balaban J connectivity index is 1.86. The van der Waals surface area contributed by atoms with Gasteiger partial charge in [0.25, 0.3) is 11.8 Å². The number of carbonyl (C=O) groups excluding carboxylic acids is 2. The number of pyridine rings is 1. The summed E-state index contributed by atoms with van der Waals surface area (Å²) in [6.07, 6.45) is 1.44. The Kier molecular flexibility index (Phi) is 3.02. The highest BCUT2D eigenvalue weighted by Gasteiger charge is 2.36. The van der Waals surface area contributed by atoms with Gasteiger partial charge in [-0.25, -0.2) is 9.29 Å². The number of nitrogens with zero attached hydrogens (tertiary/aromatic N) is 2. The van der Waals surface area contributed by atoms with E-state index in [0.717, 1.165) is 4.90 Å². The Morgan fingerprint density at radius 3 is 2.30 bits per heavy atom. The molecule has 0 N–H and O–H groups in total. The number of hydrogen-bond acceptors (Lipinski definition) is 3. The van der Waals surface area contributed by atoms with E-state index in [4.69, 9.17) is 0 Å². The van der Waals surface area contributed by atoms with Crippen molar-refractivity contribution >= 4 is 44.3 Å². The molecule has 0 saturated carbocycles. The molecule has 2 heterocycles. The van der Waals surface area contributed by atoms with Gasteiger partial charge in [0.1, 0.15) is 5.82 Å². The maximum atomic E-state index is 13.7. The van der Waals surface area contributed by atoms with Gasteiger partial charge in [-0.1, -0.05) is 12.1 Å². The summed E-state index contributed by atoms with van der Waals surface area (Å²) < 4.78 is 14.0. The van der Waals surface area contributed by atoms with Crippen molar-refractivity contribution in [2.75, 3.05) is 4.90 Å². The number of aromatic nitrogens is 1. The Morgan fingerprint density at radius 2 is 1.65 bits per heavy atom. The van der Waals surface area contributed by atoms with Crippen molar-refractivity contribution in [3.63, 3.8) is 0 Å². The molecule has 0 bridgehead atoms. The van der Waals surface area contributed by atoms with E-state index < -0.39 is 17.6 Å². The van der Waals surface area contributed by atoms with Crippen LogP contribution in [0, 0.1) is 5.82 Å². The Labute approximate surface area is 138 Å². The quantitative estimate of drug-likeness (QED) is 0.609. The predicted molar refractivity (Wildman–Crippen MR) is 87.0 cm³/mol. The zero-order valence-electron chi connectivity index (χ0n) is 11.6. The van der Waals surface area contributed by atoms with E-state index in [9.17, 15) is 14.0 Å². The van der Waals surface area contributed by atoms with Gasteiger partial charge >= 0.3 is 0 Å². The van der Waals surface area contributed by atoms with Crippen LogP contribution in [-0.4, -0.2) is 16.8 Å². The van der Waals surface area contributed by atoms with E-state index in [1.807, 2.05) is 0 Å². The molecule has 4 rings (SSSR count). The van der Waals surface area contributed by atoms with Crippen molar-refractivity contribution in [2.24, 2.45) is 0 Å². The van der Waals surface area contributed by atoms with Crippen LogP contribution in [0.25, 0.3) is 10.9 Å². The molecule has 0 fully saturated rings. The number of amides is 2. The second-order valence-corrected chi connectivity index (χ2v) is 6.00. The number of carbonyl (C=O) groups is 2. The van der Waals surface area contributed by atoms with Gasteiger partial charge in [0, 0.05) is 5.39 Å². The molecule has 1 aliphatic heterocycles. The second-order valence-electron chi connectivity index (χ2n) is 5.14. The van der Waals surface area contributed by atoms with Crippen LogP contribution in [0.4, 0.5) is 10.1 Å². The van der Waals surface area contributed by atoms with Gasteiger partial charge in [-0.05, 0) is 46.3 Å². The lowest BCUT2D eigenvalue weighted by Crippen LogP contribution is -2.29. The number of fused-ring (bicyclic) bond motifs is 2. The molecule has 0 unspecified atom stereocenters. The average Bonchev–Trinajstić information content (AvgIpc) is 2.80. The van der Waals surface area contributed by atoms with E-state index in [1.54, 1.807) is 36.4 Å². The summed E-state index contributed by atoms with van der Waals surface area (Å²) in [5.74, 6) is -1.23. The molecule has 112 valence electrons. The average molecular weight is 371 g/mol. The molecule has 2 aromatic carbocycles. The Hall–Kier alpha value is -2.60. The van der Waals surface area contributed by atoms with Crippen LogP contribution >= 0.6 is 15.9 Å². The van der Waals surface area contributed by atoms with E-state index in [0.29, 0.717) is 32.2 Å². The minimum absolute atomic E-state index is 0.311. The number of benzene rings is 2. The van der Waals surface area contributed by atoms with Crippen molar-refractivity contribution in [1.29, 1.82) is 0 Å². The maximum Gasteiger partial charge on any atom is 0.266 e. The first kappa shape index (κ1) is 14.0. The molecule has 6 heteroatoms. The van der Waals surface area contributed by atoms with Crippen LogP contribution < -0.4 is 4.90 Å². The van der Waals surface area contributed by atoms with Crippen molar-refractivity contribution < 1.29 is 14.0 Å². The van der Waals surface area contributed by atoms with Crippen molar-refractivity contribution in [3.8, 4) is 0 Å². The highest BCUT2D eigenvalue weighted by atomic mass is 79.9. The fraction of sp³-hybridized carbons (Fsp3) is 0. The highest BCUT2D eigenvalue weighted by molar-refractivity contribution is 9.10. The Bertz CT molecular complexity index is 968. The largest absolute Gasteiger partial charge is 0.268 e. The van der Waals surface area contributed by atoms with Gasteiger partial charge in [-0.2, -0.15) is 0 Å². The first-order valence-electron chi connectivity index (χ1n) is 6.79. The second kappa shape index (κ2) is 4.96. The summed E-state index contributed by atoms with van der Waals surface area (Å²) in [6, 6.07) is 11.1. The lowest BCUT2D eigenvalue weighted by atomic mass is 10.1. The van der Waals surface area contributed by atoms with Crippen molar-refractivity contribution in [1.82, 2.24) is 4.98 Å². The predicted octanol–water partition coefficient (Wildman–Crippen LogP) is 3.94. The highest BCUT2D eigenvalue weighted by Crippen LogP contribution is 2.30. The molecule has 0 spiro atoms. The van der Waals surface area contributed by atoms with Gasteiger partial charge in [0.15, 0.2) is 0 Å². The van der Waals surface area contributed by atoms with Crippen molar-refractivity contribution in [3.05, 3.63) is 70.1 Å². The molecule has 0 atom stereocenters. The van der Waals surface area contributed by atoms with Crippen LogP contribution in [-0.2, 0) is 0 Å². The number of halogens is 2. The summed E-state index contributed by atoms with van der Waals surface area (Å²) in [7, 11) is 0. The third kappa shape index (κ3) is 2.06. The molecule has 2 amide bonds. The molecular weight excluding hydrogens is 363 g/mol. The molecule has 0 aliphatic carbocycles. The molecule has 23 heavy (non-hydrogen) atoms. The van der Waals surface area contributed by atoms with Gasteiger partial charge in [0.05, 0.1) is 33.0 Å². The third-order valence-electron chi connectivity index (χ3n) is 3.76. The summed E-state index contributed by atoms with van der Waals surface area (Å²) in [5, 5.41) is 0.514. The van der Waals surface area contributed by atoms with Crippen LogP contribution in [0.1, 0.15) is 20.7 Å². The van der Waals surface area contributed by atoms with Gasteiger partial charge in [-0.3, -0.25) is 14.6 Å². The Morgan fingerprint density at radius 1 is 1.00 bits per heavy atom. The monoisotopic (exact) mass is 370 g/mol. The fourth-order valence-electron chi connectivity index (χ4n) is 2.66. The van der Waals surface area contributed by atoms with E-state index >= 15 is 0 Å². The zero-order valence-corrected chi connectivity index (χ0v) is 13.2. The summed E-state index contributed by atoms with van der Waals surface area (Å²) in [4.78, 5) is 30.2. The molecule has 1 aromatic heterocycles. The van der Waals surface area contributed by atoms with E-state index in [-0.39, 0.29) is 0 Å². The topological polar surface area (TPSA) is 50.3 Å². The van der Waals surface area contributed by atoms with Crippen LogP contribution in [0.2, 0.25) is 0 Å². The smallest absolute Gasteiger partial charge is 0.266 e. The van der Waals surface area contributed by atoms with Gasteiger partial charge in [0.2, 0.25) is 0 Å². The summed E-state index contributed by atoms with van der Waals surface area (Å²) >= 11 is 3.11. The van der Waals surface area contributed by atoms with Gasteiger partial charge in [-0.15, -0.1) is 0 Å². The number of anilines is 1. The molecule has 4 nitrogen and oxygen atoms in total. The molecule has 1 aliphatic rings. The zero-order chi connectivity index (χ0) is 16.1. The van der Waals surface area contributed by atoms with Crippen molar-refractivity contribution in [2.45, 2.75) is 0 Å². The molecular formula is C17H8BrFN2O2. The van der Waals surface area contributed by atoms with E-state index in [1.165, 1.54) is 12.3 Å². The third-order valence-corrected chi connectivity index (χ3v) is 4.37. The normalized spacial score (nSPS) is 13.7. The number of imide groups is 1. The lowest BCUT2D eigenvalue weighted by molar-refractivity contribution is 0.0926. The van der Waals surface area contributed by atoms with Gasteiger partial charge < -0.3 is 0 Å². The molecule has 0 saturated heterocycles.